The third kappa shape index (κ3) is 3.95. The Balaban J connectivity index is 0.000000321. The normalized spacial score (nSPS) is 15.1. The average Bonchev–Trinajstić information content (AvgIpc) is 2.75. The minimum atomic E-state index is -0.236. The molecule has 0 amide bonds. The van der Waals surface area contributed by atoms with Gasteiger partial charge >= 0.3 is 7.12 Å². The lowest BCUT2D eigenvalue weighted by molar-refractivity contribution is 0.179. The van der Waals surface area contributed by atoms with Crippen LogP contribution < -0.4 is 15.5 Å². The molecule has 3 rings (SSSR count). The van der Waals surface area contributed by atoms with Crippen LogP contribution in [0.2, 0.25) is 0 Å². The van der Waals surface area contributed by atoms with Crippen LogP contribution in [-0.2, 0) is 15.9 Å². The Morgan fingerprint density at radius 3 is 2.53 bits per heavy atom. The summed E-state index contributed by atoms with van der Waals surface area (Å²) >= 11 is 3.50. The van der Waals surface area contributed by atoms with Gasteiger partial charge in [-0.05, 0) is 31.8 Å². The maximum atomic E-state index is 5.57. The predicted molar refractivity (Wildman–Crippen MR) is 82.1 cm³/mol. The second-order valence-corrected chi connectivity index (χ2v) is 4.65. The first-order chi connectivity index (χ1) is 9.27. The van der Waals surface area contributed by atoms with Gasteiger partial charge in [0.1, 0.15) is 12.4 Å². The van der Waals surface area contributed by atoms with Gasteiger partial charge in [-0.25, -0.2) is 0 Å². The highest BCUT2D eigenvalue weighted by molar-refractivity contribution is 9.10. The summed E-state index contributed by atoms with van der Waals surface area (Å²) in [6.45, 7) is 5.77. The number of nitrogens with one attached hydrogen (secondary N) is 1. The Morgan fingerprint density at radius 2 is 1.84 bits per heavy atom. The van der Waals surface area contributed by atoms with Crippen molar-refractivity contribution in [3.8, 4) is 5.75 Å². The molecule has 0 aliphatic carbocycles. The summed E-state index contributed by atoms with van der Waals surface area (Å²) in [6, 6.07) is 3.95. The zero-order chi connectivity index (χ0) is 14.3. The van der Waals surface area contributed by atoms with Crippen molar-refractivity contribution in [3.05, 3.63) is 22.2 Å². The van der Waals surface area contributed by atoms with E-state index in [4.69, 9.17) is 14.0 Å². The second kappa shape index (κ2) is 8.58. The van der Waals surface area contributed by atoms with Gasteiger partial charge in [-0.1, -0.05) is 29.8 Å². The lowest BCUT2D eigenvalue weighted by Crippen LogP contribution is -2.31. The predicted octanol–water partition coefficient (Wildman–Crippen LogP) is 1.95. The van der Waals surface area contributed by atoms with E-state index in [0.717, 1.165) is 21.2 Å². The molecular formula is C13H21BBrNO3. The molecule has 0 radical (unpaired) electrons. The van der Waals surface area contributed by atoms with E-state index in [1.165, 1.54) is 0 Å². The zero-order valence-corrected chi connectivity index (χ0v) is 13.5. The van der Waals surface area contributed by atoms with Crippen LogP contribution in [0, 0.1) is 0 Å². The lowest BCUT2D eigenvalue weighted by Gasteiger charge is -2.07. The van der Waals surface area contributed by atoms with Crippen molar-refractivity contribution in [2.75, 3.05) is 27.3 Å². The second-order valence-electron chi connectivity index (χ2n) is 3.80. The molecule has 2 aliphatic rings. The Morgan fingerprint density at radius 1 is 1.16 bits per heavy atom. The molecule has 0 bridgehead atoms. The molecule has 0 fully saturated rings. The third-order valence-electron chi connectivity index (χ3n) is 2.48. The van der Waals surface area contributed by atoms with E-state index in [1.807, 2.05) is 40.1 Å². The Hall–Kier alpha value is -0.555. The molecule has 6 heteroatoms. The summed E-state index contributed by atoms with van der Waals surface area (Å²) in [5, 5.41) is 2.75. The first kappa shape index (κ1) is 16.5. The van der Waals surface area contributed by atoms with Gasteiger partial charge in [-0.2, -0.15) is 0 Å². The molecular weight excluding hydrogens is 309 g/mol. The number of benzene rings is 1. The summed E-state index contributed by atoms with van der Waals surface area (Å²) in [7, 11) is 3.51. The summed E-state index contributed by atoms with van der Waals surface area (Å²) in [4.78, 5) is 0. The lowest BCUT2D eigenvalue weighted by atomic mass is 9.78. The fourth-order valence-corrected chi connectivity index (χ4v) is 2.29. The maximum absolute atomic E-state index is 5.57. The molecule has 0 unspecified atom stereocenters. The van der Waals surface area contributed by atoms with Gasteiger partial charge in [0, 0.05) is 9.94 Å². The van der Waals surface area contributed by atoms with Gasteiger partial charge in [0.15, 0.2) is 0 Å². The van der Waals surface area contributed by atoms with Crippen LogP contribution in [0.5, 0.6) is 5.75 Å². The fraction of sp³-hybridized carbons (Fsp3) is 0.538. The number of hydrogen-bond donors (Lipinski definition) is 1. The van der Waals surface area contributed by atoms with Crippen molar-refractivity contribution in [2.24, 2.45) is 0 Å². The number of halogens is 1. The third-order valence-corrected chi connectivity index (χ3v) is 3.23. The number of rotatable bonds is 0. The standard InChI is InChI=1S/C9H8BBrO3.C2H7N.C2H6/c11-7-1-2-8-9-6(7)5-14-10(9)13-4-3-12-8;1-3-2;1-2/h1-2H,3-5H2;3H,1-2H3;1-2H3. The van der Waals surface area contributed by atoms with Gasteiger partial charge in [0.05, 0.1) is 13.2 Å². The van der Waals surface area contributed by atoms with Crippen molar-refractivity contribution < 1.29 is 14.0 Å². The van der Waals surface area contributed by atoms with E-state index in [-0.39, 0.29) is 7.12 Å². The van der Waals surface area contributed by atoms with E-state index in [2.05, 4.69) is 21.2 Å². The highest BCUT2D eigenvalue weighted by atomic mass is 79.9. The van der Waals surface area contributed by atoms with Gasteiger partial charge in [-0.15, -0.1) is 0 Å². The minimum absolute atomic E-state index is 0.236. The Kier molecular flexibility index (Phi) is 7.45. The number of ether oxygens (including phenoxy) is 1. The Bertz CT molecular complexity index is 404. The SMILES string of the molecule is Brc1ccc2c3c1COB3OCCO2.CC.CNC. The van der Waals surface area contributed by atoms with Crippen molar-refractivity contribution in [3.63, 3.8) is 0 Å². The molecule has 0 saturated heterocycles. The van der Waals surface area contributed by atoms with Gasteiger partial charge in [0.25, 0.3) is 0 Å². The topological polar surface area (TPSA) is 39.7 Å². The first-order valence-electron chi connectivity index (χ1n) is 6.53. The molecule has 0 atom stereocenters. The summed E-state index contributed by atoms with van der Waals surface area (Å²) in [5.74, 6) is 0.892. The minimum Gasteiger partial charge on any atom is -0.492 e. The largest absolute Gasteiger partial charge is 0.498 e. The van der Waals surface area contributed by atoms with E-state index >= 15 is 0 Å². The molecule has 0 aromatic heterocycles. The summed E-state index contributed by atoms with van der Waals surface area (Å²) in [5.41, 5.74) is 2.20. The molecule has 2 heterocycles. The van der Waals surface area contributed by atoms with Gasteiger partial charge in [0.2, 0.25) is 0 Å². The van der Waals surface area contributed by atoms with Crippen LogP contribution in [0.4, 0.5) is 0 Å². The monoisotopic (exact) mass is 329 g/mol. The fourth-order valence-electron chi connectivity index (χ4n) is 1.83. The quantitative estimate of drug-likeness (QED) is 0.738. The molecule has 1 N–H and O–H groups in total. The molecule has 1 aromatic carbocycles. The number of hydrogen-bond acceptors (Lipinski definition) is 4. The van der Waals surface area contributed by atoms with Crippen molar-refractivity contribution in [2.45, 2.75) is 20.5 Å². The molecule has 106 valence electrons. The van der Waals surface area contributed by atoms with E-state index in [9.17, 15) is 0 Å². The smallest absolute Gasteiger partial charge is 0.492 e. The molecule has 19 heavy (non-hydrogen) atoms. The molecule has 1 aromatic rings. The average molecular weight is 330 g/mol. The van der Waals surface area contributed by atoms with Crippen LogP contribution >= 0.6 is 15.9 Å². The molecule has 0 saturated carbocycles. The van der Waals surface area contributed by atoms with Crippen molar-refractivity contribution >= 4 is 28.5 Å². The van der Waals surface area contributed by atoms with Crippen molar-refractivity contribution in [1.29, 1.82) is 0 Å². The van der Waals surface area contributed by atoms with Crippen molar-refractivity contribution in [1.82, 2.24) is 5.32 Å². The molecule has 4 nitrogen and oxygen atoms in total. The highest BCUT2D eigenvalue weighted by Crippen LogP contribution is 2.27. The van der Waals surface area contributed by atoms with Crippen LogP contribution in [0.1, 0.15) is 19.4 Å². The highest BCUT2D eigenvalue weighted by Gasteiger charge is 2.36. The maximum Gasteiger partial charge on any atom is 0.498 e. The van der Waals surface area contributed by atoms with E-state index in [0.29, 0.717) is 19.8 Å². The van der Waals surface area contributed by atoms with Crippen LogP contribution in [0.3, 0.4) is 0 Å². The molecule has 0 spiro atoms. The van der Waals surface area contributed by atoms with Crippen LogP contribution in [0.25, 0.3) is 0 Å². The zero-order valence-electron chi connectivity index (χ0n) is 12.0. The Labute approximate surface area is 124 Å². The van der Waals surface area contributed by atoms with Gasteiger partial charge < -0.3 is 19.4 Å². The molecule has 2 aliphatic heterocycles. The van der Waals surface area contributed by atoms with Crippen LogP contribution in [-0.4, -0.2) is 34.4 Å². The van der Waals surface area contributed by atoms with E-state index in [1.54, 1.807) is 0 Å². The summed E-state index contributed by atoms with van der Waals surface area (Å²) in [6.07, 6.45) is 0. The van der Waals surface area contributed by atoms with Gasteiger partial charge in [-0.3, -0.25) is 0 Å². The first-order valence-corrected chi connectivity index (χ1v) is 7.33. The van der Waals surface area contributed by atoms with Crippen LogP contribution in [0.15, 0.2) is 16.6 Å². The summed E-state index contributed by atoms with van der Waals surface area (Å²) < 4.78 is 17.7. The van der Waals surface area contributed by atoms with E-state index < -0.39 is 0 Å².